The van der Waals surface area contributed by atoms with Crippen LogP contribution >= 0.6 is 0 Å². The van der Waals surface area contributed by atoms with Crippen LogP contribution in [-0.2, 0) is 4.79 Å². The molecule has 1 unspecified atom stereocenters. The van der Waals surface area contributed by atoms with Crippen molar-refractivity contribution in [2.24, 2.45) is 0 Å². The maximum absolute atomic E-state index is 13.3. The fraction of sp³-hybridized carbons (Fsp3) is 0.417. The van der Waals surface area contributed by atoms with Crippen LogP contribution in [0, 0.1) is 11.8 Å². The molecular formula is C12H13F2N3O2. The summed E-state index contributed by atoms with van der Waals surface area (Å²) in [7, 11) is 0. The maximum Gasteiger partial charge on any atom is 0.255 e. The van der Waals surface area contributed by atoms with E-state index < -0.39 is 29.3 Å². The zero-order valence-corrected chi connectivity index (χ0v) is 10.2. The smallest absolute Gasteiger partial charge is 0.255 e. The van der Waals surface area contributed by atoms with E-state index in [1.807, 2.05) is 0 Å². The van der Waals surface area contributed by atoms with Crippen LogP contribution in [0.5, 0.6) is 0 Å². The normalized spacial score (nSPS) is 15.7. The summed E-state index contributed by atoms with van der Waals surface area (Å²) < 4.78 is 26.2. The predicted molar refractivity (Wildman–Crippen MR) is 62.2 cm³/mol. The number of aromatic nitrogens is 1. The minimum absolute atomic E-state index is 0.168. The number of halogens is 2. The maximum atomic E-state index is 13.3. The van der Waals surface area contributed by atoms with Crippen molar-refractivity contribution in [1.82, 2.24) is 15.6 Å². The first-order valence-corrected chi connectivity index (χ1v) is 5.90. The van der Waals surface area contributed by atoms with Gasteiger partial charge < -0.3 is 10.6 Å². The molecule has 1 fully saturated rings. The highest BCUT2D eigenvalue weighted by Crippen LogP contribution is 2.18. The van der Waals surface area contributed by atoms with E-state index in [0.29, 0.717) is 0 Å². The molecule has 1 atom stereocenters. The molecule has 0 aromatic carbocycles. The highest BCUT2D eigenvalue weighted by Gasteiger charge is 2.27. The van der Waals surface area contributed by atoms with Gasteiger partial charge in [-0.3, -0.25) is 9.59 Å². The molecule has 1 aliphatic carbocycles. The number of nitrogens with zero attached hydrogens (tertiary/aromatic N) is 1. The lowest BCUT2D eigenvalue weighted by Crippen LogP contribution is -2.45. The molecule has 1 aliphatic rings. The standard InChI is InChI=1S/C12H13F2N3O2/c1-6(11(18)17-7-2-3-7)16-12(19)8-4-5-15-10(14)9(8)13/h4-7H,2-3H2,1H3,(H,16,19)(H,17,18). The second-order valence-corrected chi connectivity index (χ2v) is 4.44. The first-order chi connectivity index (χ1) is 8.99. The molecule has 0 aliphatic heterocycles. The lowest BCUT2D eigenvalue weighted by atomic mass is 10.2. The van der Waals surface area contributed by atoms with Gasteiger partial charge in [-0.15, -0.1) is 0 Å². The van der Waals surface area contributed by atoms with Crippen LogP contribution in [0.15, 0.2) is 12.3 Å². The van der Waals surface area contributed by atoms with Gasteiger partial charge in [-0.25, -0.2) is 9.37 Å². The monoisotopic (exact) mass is 269 g/mol. The van der Waals surface area contributed by atoms with Crippen LogP contribution in [0.1, 0.15) is 30.1 Å². The summed E-state index contributed by atoms with van der Waals surface area (Å²) in [5, 5.41) is 5.01. The van der Waals surface area contributed by atoms with Crippen molar-refractivity contribution < 1.29 is 18.4 Å². The van der Waals surface area contributed by atoms with E-state index in [2.05, 4.69) is 15.6 Å². The molecule has 1 aromatic heterocycles. The Morgan fingerprint density at radius 2 is 2.11 bits per heavy atom. The Morgan fingerprint density at radius 1 is 1.42 bits per heavy atom. The molecule has 0 radical (unpaired) electrons. The van der Waals surface area contributed by atoms with Gasteiger partial charge in [-0.1, -0.05) is 0 Å². The van der Waals surface area contributed by atoms with Crippen LogP contribution in [0.25, 0.3) is 0 Å². The van der Waals surface area contributed by atoms with Crippen molar-refractivity contribution in [1.29, 1.82) is 0 Å². The van der Waals surface area contributed by atoms with Gasteiger partial charge in [0, 0.05) is 12.2 Å². The van der Waals surface area contributed by atoms with Gasteiger partial charge in [0.1, 0.15) is 6.04 Å². The van der Waals surface area contributed by atoms with E-state index in [9.17, 15) is 18.4 Å². The molecule has 102 valence electrons. The van der Waals surface area contributed by atoms with E-state index in [-0.39, 0.29) is 11.9 Å². The Kier molecular flexibility index (Phi) is 3.73. The third kappa shape index (κ3) is 3.24. The summed E-state index contributed by atoms with van der Waals surface area (Å²) in [5.74, 6) is -3.86. The van der Waals surface area contributed by atoms with Gasteiger partial charge in [-0.05, 0) is 25.8 Å². The molecule has 1 heterocycles. The molecule has 19 heavy (non-hydrogen) atoms. The Bertz CT molecular complexity index is 518. The molecule has 2 N–H and O–H groups in total. The van der Waals surface area contributed by atoms with Crippen molar-refractivity contribution in [2.75, 3.05) is 0 Å². The van der Waals surface area contributed by atoms with E-state index in [4.69, 9.17) is 0 Å². The summed E-state index contributed by atoms with van der Waals surface area (Å²) in [6, 6.07) is 0.407. The van der Waals surface area contributed by atoms with E-state index in [0.717, 1.165) is 25.1 Å². The Labute approximate surface area is 108 Å². The van der Waals surface area contributed by atoms with Gasteiger partial charge >= 0.3 is 0 Å². The third-order valence-electron chi connectivity index (χ3n) is 2.76. The van der Waals surface area contributed by atoms with E-state index >= 15 is 0 Å². The van der Waals surface area contributed by atoms with E-state index in [1.165, 1.54) is 6.92 Å². The molecule has 1 saturated carbocycles. The van der Waals surface area contributed by atoms with Crippen LogP contribution < -0.4 is 10.6 Å². The quantitative estimate of drug-likeness (QED) is 0.793. The zero-order valence-electron chi connectivity index (χ0n) is 10.2. The molecule has 2 amide bonds. The number of rotatable bonds is 4. The molecule has 1 aromatic rings. The number of pyridine rings is 1. The summed E-state index contributed by atoms with van der Waals surface area (Å²) in [5.41, 5.74) is -0.474. The lowest BCUT2D eigenvalue weighted by molar-refractivity contribution is -0.122. The summed E-state index contributed by atoms with van der Waals surface area (Å²) in [4.78, 5) is 26.4. The summed E-state index contributed by atoms with van der Waals surface area (Å²) in [6.07, 6.45) is 2.84. The number of amides is 2. The Balaban J connectivity index is 1.99. The molecule has 5 nitrogen and oxygen atoms in total. The molecule has 0 bridgehead atoms. The average Bonchev–Trinajstić information content (AvgIpc) is 3.16. The number of hydrogen-bond acceptors (Lipinski definition) is 3. The number of carbonyl (C=O) groups excluding carboxylic acids is 2. The fourth-order valence-electron chi connectivity index (χ4n) is 1.49. The second kappa shape index (κ2) is 5.29. The van der Waals surface area contributed by atoms with Gasteiger partial charge in [0.25, 0.3) is 5.91 Å². The Hall–Kier alpha value is -2.05. The lowest BCUT2D eigenvalue weighted by Gasteiger charge is -2.14. The van der Waals surface area contributed by atoms with Gasteiger partial charge in [-0.2, -0.15) is 4.39 Å². The molecule has 7 heteroatoms. The van der Waals surface area contributed by atoms with Crippen molar-refractivity contribution in [3.05, 3.63) is 29.6 Å². The van der Waals surface area contributed by atoms with Gasteiger partial charge in [0.05, 0.1) is 5.56 Å². The van der Waals surface area contributed by atoms with Crippen molar-refractivity contribution in [2.45, 2.75) is 31.8 Å². The van der Waals surface area contributed by atoms with E-state index in [1.54, 1.807) is 0 Å². The topological polar surface area (TPSA) is 71.1 Å². The third-order valence-corrected chi connectivity index (χ3v) is 2.76. The minimum atomic E-state index is -1.34. The first kappa shape index (κ1) is 13.4. The fourth-order valence-corrected chi connectivity index (χ4v) is 1.49. The predicted octanol–water partition coefficient (Wildman–Crippen LogP) is 0.757. The number of hydrogen-bond donors (Lipinski definition) is 2. The number of carbonyl (C=O) groups is 2. The average molecular weight is 269 g/mol. The van der Waals surface area contributed by atoms with Crippen LogP contribution in [0.3, 0.4) is 0 Å². The molecular weight excluding hydrogens is 256 g/mol. The molecule has 0 saturated heterocycles. The summed E-state index contributed by atoms with van der Waals surface area (Å²) >= 11 is 0. The highest BCUT2D eigenvalue weighted by atomic mass is 19.2. The van der Waals surface area contributed by atoms with Gasteiger partial charge in [0.2, 0.25) is 11.9 Å². The number of nitrogens with one attached hydrogen (secondary N) is 2. The Morgan fingerprint density at radius 3 is 2.74 bits per heavy atom. The van der Waals surface area contributed by atoms with Crippen LogP contribution in [0.2, 0.25) is 0 Å². The molecule has 0 spiro atoms. The second-order valence-electron chi connectivity index (χ2n) is 4.44. The van der Waals surface area contributed by atoms with Gasteiger partial charge in [0.15, 0.2) is 5.82 Å². The molecule has 2 rings (SSSR count). The zero-order chi connectivity index (χ0) is 14.0. The van der Waals surface area contributed by atoms with Crippen LogP contribution in [-0.4, -0.2) is 28.9 Å². The SMILES string of the molecule is CC(NC(=O)c1ccnc(F)c1F)C(=O)NC1CC1. The minimum Gasteiger partial charge on any atom is -0.352 e. The summed E-state index contributed by atoms with van der Waals surface area (Å²) in [6.45, 7) is 1.48. The first-order valence-electron chi connectivity index (χ1n) is 5.90. The highest BCUT2D eigenvalue weighted by molar-refractivity contribution is 5.97. The van der Waals surface area contributed by atoms with Crippen LogP contribution in [0.4, 0.5) is 8.78 Å². The van der Waals surface area contributed by atoms with Crippen molar-refractivity contribution in [3.63, 3.8) is 0 Å². The van der Waals surface area contributed by atoms with Crippen molar-refractivity contribution >= 4 is 11.8 Å². The van der Waals surface area contributed by atoms with Crippen molar-refractivity contribution in [3.8, 4) is 0 Å². The largest absolute Gasteiger partial charge is 0.352 e.